The zero-order valence-electron chi connectivity index (χ0n) is 16.7. The first-order chi connectivity index (χ1) is 14.3. The van der Waals surface area contributed by atoms with Gasteiger partial charge in [-0.25, -0.2) is 0 Å². The number of hydrogen-bond acceptors (Lipinski definition) is 5. The zero-order chi connectivity index (χ0) is 22.1. The quantitative estimate of drug-likeness (QED) is 0.379. The summed E-state index contributed by atoms with van der Waals surface area (Å²) in [5.41, 5.74) is 6.25. The molecule has 0 bridgehead atoms. The van der Waals surface area contributed by atoms with Crippen molar-refractivity contribution in [3.63, 3.8) is 0 Å². The van der Waals surface area contributed by atoms with Gasteiger partial charge in [0, 0.05) is 18.4 Å². The summed E-state index contributed by atoms with van der Waals surface area (Å²) in [5.74, 6) is -1.87. The van der Waals surface area contributed by atoms with Crippen LogP contribution in [-0.4, -0.2) is 29.7 Å². The third kappa shape index (κ3) is 7.00. The van der Waals surface area contributed by atoms with E-state index in [0.717, 1.165) is 5.56 Å². The molecule has 0 aliphatic carbocycles. The molecule has 0 saturated heterocycles. The Bertz CT molecular complexity index is 927. The molecule has 158 valence electrons. The van der Waals surface area contributed by atoms with Crippen LogP contribution in [0.25, 0.3) is 0 Å². The van der Waals surface area contributed by atoms with Crippen molar-refractivity contribution in [3.8, 4) is 0 Å². The van der Waals surface area contributed by atoms with E-state index in [1.54, 1.807) is 30.3 Å². The second-order valence-electron chi connectivity index (χ2n) is 6.70. The van der Waals surface area contributed by atoms with Crippen molar-refractivity contribution in [2.24, 2.45) is 0 Å². The van der Waals surface area contributed by atoms with Crippen LogP contribution in [0.15, 0.2) is 48.5 Å². The highest BCUT2D eigenvalue weighted by molar-refractivity contribution is 6.33. The molecule has 0 heterocycles. The van der Waals surface area contributed by atoms with Gasteiger partial charge in [0.2, 0.25) is 11.7 Å². The highest BCUT2D eigenvalue weighted by atomic mass is 35.5. The molecule has 2 aromatic carbocycles. The molecule has 0 aliphatic heterocycles. The van der Waals surface area contributed by atoms with Crippen molar-refractivity contribution in [2.75, 3.05) is 0 Å². The lowest BCUT2D eigenvalue weighted by Gasteiger charge is -2.12. The highest BCUT2D eigenvalue weighted by Crippen LogP contribution is 2.14. The summed E-state index contributed by atoms with van der Waals surface area (Å²) >= 11 is 5.91. The first-order valence-corrected chi connectivity index (χ1v) is 9.80. The number of esters is 1. The number of benzene rings is 2. The SMILES string of the molecule is Cc1ccc(C(=O)C(C)OC(=O)CCCC(=O)NNC(=O)c2ccccc2Cl)cc1. The number of halogens is 1. The molecule has 0 spiro atoms. The first-order valence-electron chi connectivity index (χ1n) is 9.42. The average molecular weight is 431 g/mol. The largest absolute Gasteiger partial charge is 0.454 e. The minimum Gasteiger partial charge on any atom is -0.454 e. The van der Waals surface area contributed by atoms with Crippen molar-refractivity contribution in [3.05, 3.63) is 70.2 Å². The minimum atomic E-state index is -0.913. The number of carbonyl (C=O) groups excluding carboxylic acids is 4. The monoisotopic (exact) mass is 430 g/mol. The van der Waals surface area contributed by atoms with Crippen molar-refractivity contribution in [1.82, 2.24) is 10.9 Å². The van der Waals surface area contributed by atoms with Crippen LogP contribution in [0.3, 0.4) is 0 Å². The lowest BCUT2D eigenvalue weighted by molar-refractivity contribution is -0.146. The molecule has 2 amide bonds. The number of aryl methyl sites for hydroxylation is 1. The summed E-state index contributed by atoms with van der Waals surface area (Å²) in [5, 5.41) is 0.265. The number of ether oxygens (including phenoxy) is 1. The molecule has 2 aromatic rings. The maximum Gasteiger partial charge on any atom is 0.306 e. The third-order valence-corrected chi connectivity index (χ3v) is 4.56. The molecule has 0 aliphatic rings. The summed E-state index contributed by atoms with van der Waals surface area (Å²) in [7, 11) is 0. The molecule has 2 rings (SSSR count). The van der Waals surface area contributed by atoms with Crippen LogP contribution < -0.4 is 10.9 Å². The molecule has 30 heavy (non-hydrogen) atoms. The van der Waals surface area contributed by atoms with Crippen LogP contribution in [0.5, 0.6) is 0 Å². The second kappa shape index (κ2) is 11.1. The van der Waals surface area contributed by atoms with Crippen molar-refractivity contribution in [1.29, 1.82) is 0 Å². The molecule has 0 saturated carbocycles. The van der Waals surface area contributed by atoms with E-state index in [1.807, 2.05) is 19.1 Å². The second-order valence-corrected chi connectivity index (χ2v) is 7.11. The van der Waals surface area contributed by atoms with Crippen LogP contribution in [0.4, 0.5) is 0 Å². The number of hydrogen-bond donors (Lipinski definition) is 2. The molecule has 1 atom stereocenters. The molecule has 7 nitrogen and oxygen atoms in total. The van der Waals surface area contributed by atoms with E-state index in [1.165, 1.54) is 13.0 Å². The van der Waals surface area contributed by atoms with Crippen LogP contribution in [0, 0.1) is 6.92 Å². The van der Waals surface area contributed by atoms with Gasteiger partial charge in [-0.05, 0) is 32.4 Å². The summed E-state index contributed by atoms with van der Waals surface area (Å²) in [4.78, 5) is 48.0. The van der Waals surface area contributed by atoms with Crippen LogP contribution in [-0.2, 0) is 14.3 Å². The van der Waals surface area contributed by atoms with E-state index in [-0.39, 0.29) is 35.6 Å². The number of hydrazine groups is 1. The maximum absolute atomic E-state index is 12.3. The standard InChI is InChI=1S/C22H23ClN2O5/c1-14-10-12-16(13-11-14)21(28)15(2)30-20(27)9-5-8-19(26)24-25-22(29)17-6-3-4-7-18(17)23/h3-4,6-7,10-13,15H,5,8-9H2,1-2H3,(H,24,26)(H,25,29). The Morgan fingerprint density at radius 1 is 0.967 bits per heavy atom. The number of Topliss-reactive ketones (excluding diaryl/α,β-unsaturated/α-hetero) is 1. The topological polar surface area (TPSA) is 102 Å². The normalized spacial score (nSPS) is 11.3. The lowest BCUT2D eigenvalue weighted by atomic mass is 10.1. The Kier molecular flexibility index (Phi) is 8.55. The van der Waals surface area contributed by atoms with E-state index in [2.05, 4.69) is 10.9 Å². The molecule has 0 fully saturated rings. The molecular formula is C22H23ClN2O5. The number of amides is 2. The number of ketones is 1. The molecular weight excluding hydrogens is 408 g/mol. The molecule has 1 unspecified atom stereocenters. The van der Waals surface area contributed by atoms with Gasteiger partial charge in [-0.15, -0.1) is 0 Å². The summed E-state index contributed by atoms with van der Waals surface area (Å²) < 4.78 is 5.14. The zero-order valence-corrected chi connectivity index (χ0v) is 17.5. The fourth-order valence-electron chi connectivity index (χ4n) is 2.56. The summed E-state index contributed by atoms with van der Waals surface area (Å²) in [6.45, 7) is 3.42. The number of nitrogens with one attached hydrogen (secondary N) is 2. The van der Waals surface area contributed by atoms with E-state index in [4.69, 9.17) is 16.3 Å². The summed E-state index contributed by atoms with van der Waals surface area (Å²) in [6.07, 6.45) is -0.739. The first kappa shape index (κ1) is 23.1. The van der Waals surface area contributed by atoms with E-state index in [9.17, 15) is 19.2 Å². The maximum atomic E-state index is 12.3. The lowest BCUT2D eigenvalue weighted by Crippen LogP contribution is -2.41. The fraction of sp³-hybridized carbons (Fsp3) is 0.273. The van der Waals surface area contributed by atoms with Gasteiger partial charge >= 0.3 is 5.97 Å². The predicted octanol–water partition coefficient (Wildman–Crippen LogP) is 3.39. The fourth-order valence-corrected chi connectivity index (χ4v) is 2.78. The van der Waals surface area contributed by atoms with Gasteiger partial charge in [0.25, 0.3) is 5.91 Å². The highest BCUT2D eigenvalue weighted by Gasteiger charge is 2.19. The minimum absolute atomic E-state index is 0.00179. The Morgan fingerprint density at radius 3 is 2.30 bits per heavy atom. The van der Waals surface area contributed by atoms with Gasteiger partial charge < -0.3 is 4.74 Å². The van der Waals surface area contributed by atoms with Gasteiger partial charge in [0.1, 0.15) is 0 Å². The van der Waals surface area contributed by atoms with Crippen molar-refractivity contribution >= 4 is 35.2 Å². The van der Waals surface area contributed by atoms with Crippen LogP contribution in [0.2, 0.25) is 5.02 Å². The number of carbonyl (C=O) groups is 4. The third-order valence-electron chi connectivity index (χ3n) is 4.23. The number of rotatable bonds is 8. The Labute approximate surface area is 179 Å². The Morgan fingerprint density at radius 2 is 1.63 bits per heavy atom. The Hall–Kier alpha value is -3.19. The van der Waals surface area contributed by atoms with Crippen molar-refractivity contribution < 1.29 is 23.9 Å². The van der Waals surface area contributed by atoms with Crippen LogP contribution in [0.1, 0.15) is 52.5 Å². The molecule has 0 aromatic heterocycles. The average Bonchev–Trinajstić information content (AvgIpc) is 2.72. The Balaban J connectivity index is 1.69. The van der Waals surface area contributed by atoms with E-state index in [0.29, 0.717) is 5.56 Å². The van der Waals surface area contributed by atoms with Gasteiger partial charge in [-0.3, -0.25) is 30.0 Å². The molecule has 0 radical (unpaired) electrons. The summed E-state index contributed by atoms with van der Waals surface area (Å²) in [6, 6.07) is 13.4. The predicted molar refractivity (Wildman–Crippen MR) is 112 cm³/mol. The molecule has 2 N–H and O–H groups in total. The van der Waals surface area contributed by atoms with Crippen LogP contribution >= 0.6 is 11.6 Å². The van der Waals surface area contributed by atoms with Crippen molar-refractivity contribution in [2.45, 2.75) is 39.2 Å². The van der Waals surface area contributed by atoms with E-state index >= 15 is 0 Å². The van der Waals surface area contributed by atoms with Gasteiger partial charge in [0.15, 0.2) is 6.10 Å². The smallest absolute Gasteiger partial charge is 0.306 e. The van der Waals surface area contributed by atoms with Gasteiger partial charge in [0.05, 0.1) is 10.6 Å². The van der Waals surface area contributed by atoms with Gasteiger partial charge in [-0.2, -0.15) is 0 Å². The van der Waals surface area contributed by atoms with Gasteiger partial charge in [-0.1, -0.05) is 53.6 Å². The van der Waals surface area contributed by atoms with E-state index < -0.39 is 23.9 Å². The molecule has 8 heteroatoms.